The van der Waals surface area contributed by atoms with Crippen molar-refractivity contribution in [2.45, 2.75) is 0 Å². The predicted molar refractivity (Wildman–Crippen MR) is 95.9 cm³/mol. The standard InChI is InChI=1S/C19H16FN3O2/c1-22-8-9-23(17-11-13(20)6-7-16(17)22)19(25)15-10-12-4-2-3-5-14(12)18(24)21-15/h2-7,10-11H,8-9H2,1H3,(H,21,24). The van der Waals surface area contributed by atoms with Gasteiger partial charge in [-0.2, -0.15) is 0 Å². The third-order valence-electron chi connectivity index (χ3n) is 4.53. The first-order valence-corrected chi connectivity index (χ1v) is 7.99. The maximum absolute atomic E-state index is 13.7. The zero-order valence-corrected chi connectivity index (χ0v) is 13.6. The van der Waals surface area contributed by atoms with E-state index in [1.54, 1.807) is 30.3 Å². The molecule has 1 amide bonds. The highest BCUT2D eigenvalue weighted by Crippen LogP contribution is 2.33. The number of carbonyl (C=O) groups is 1. The van der Waals surface area contributed by atoms with Crippen LogP contribution in [0.1, 0.15) is 10.5 Å². The number of H-pyrrole nitrogens is 1. The Morgan fingerprint density at radius 2 is 1.88 bits per heavy atom. The van der Waals surface area contributed by atoms with E-state index >= 15 is 0 Å². The van der Waals surface area contributed by atoms with Crippen LogP contribution in [0.5, 0.6) is 0 Å². The fraction of sp³-hybridized carbons (Fsp3) is 0.158. The Bertz CT molecular complexity index is 1040. The first-order valence-electron chi connectivity index (χ1n) is 7.99. The van der Waals surface area contributed by atoms with Gasteiger partial charge < -0.3 is 14.8 Å². The summed E-state index contributed by atoms with van der Waals surface area (Å²) >= 11 is 0. The Labute approximate surface area is 143 Å². The van der Waals surface area contributed by atoms with Crippen LogP contribution >= 0.6 is 0 Å². The van der Waals surface area contributed by atoms with Crippen LogP contribution in [-0.2, 0) is 0 Å². The molecule has 25 heavy (non-hydrogen) atoms. The lowest BCUT2D eigenvalue weighted by atomic mass is 10.1. The summed E-state index contributed by atoms with van der Waals surface area (Å²) in [7, 11) is 1.90. The van der Waals surface area contributed by atoms with Gasteiger partial charge in [-0.25, -0.2) is 4.39 Å². The highest BCUT2D eigenvalue weighted by molar-refractivity contribution is 6.08. The summed E-state index contributed by atoms with van der Waals surface area (Å²) in [5.41, 5.74) is 1.18. The summed E-state index contributed by atoms with van der Waals surface area (Å²) in [6.45, 7) is 1.04. The number of anilines is 2. The molecule has 0 fully saturated rings. The minimum absolute atomic E-state index is 0.198. The van der Waals surface area contributed by atoms with Crippen LogP contribution in [0.4, 0.5) is 15.8 Å². The van der Waals surface area contributed by atoms with E-state index in [9.17, 15) is 14.0 Å². The minimum atomic E-state index is -0.404. The molecule has 1 aliphatic heterocycles. The number of hydrogen-bond donors (Lipinski definition) is 1. The SMILES string of the molecule is CN1CCN(C(=O)c2cc3ccccc3c(=O)[nH]2)c2cc(F)ccc21. The number of amides is 1. The van der Waals surface area contributed by atoms with Gasteiger partial charge in [-0.15, -0.1) is 0 Å². The Balaban J connectivity index is 1.81. The van der Waals surface area contributed by atoms with Gasteiger partial charge in [-0.05, 0) is 35.7 Å². The smallest absolute Gasteiger partial charge is 0.274 e. The molecular formula is C19H16FN3O2. The first-order chi connectivity index (χ1) is 12.0. The number of fused-ring (bicyclic) bond motifs is 2. The average Bonchev–Trinajstić information content (AvgIpc) is 2.61. The number of aromatic amines is 1. The molecule has 0 saturated carbocycles. The number of likely N-dealkylation sites (N-methyl/N-ethyl adjacent to an activating group) is 1. The Morgan fingerprint density at radius 3 is 2.72 bits per heavy atom. The second kappa shape index (κ2) is 5.73. The minimum Gasteiger partial charge on any atom is -0.371 e. The Kier molecular flexibility index (Phi) is 3.53. The number of pyridine rings is 1. The summed E-state index contributed by atoms with van der Waals surface area (Å²) in [5.74, 6) is -0.748. The summed E-state index contributed by atoms with van der Waals surface area (Å²) < 4.78 is 13.7. The summed E-state index contributed by atoms with van der Waals surface area (Å²) in [4.78, 5) is 31.4. The van der Waals surface area contributed by atoms with E-state index in [4.69, 9.17) is 0 Å². The van der Waals surface area contributed by atoms with Crippen LogP contribution < -0.4 is 15.4 Å². The van der Waals surface area contributed by atoms with Crippen LogP contribution in [0.2, 0.25) is 0 Å². The first kappa shape index (κ1) is 15.4. The normalized spacial score (nSPS) is 13.8. The van der Waals surface area contributed by atoms with E-state index in [0.717, 1.165) is 5.69 Å². The summed E-state index contributed by atoms with van der Waals surface area (Å²) in [6.07, 6.45) is 0. The molecule has 6 heteroatoms. The van der Waals surface area contributed by atoms with Crippen molar-refractivity contribution in [3.05, 3.63) is 70.4 Å². The van der Waals surface area contributed by atoms with Crippen molar-refractivity contribution in [3.63, 3.8) is 0 Å². The van der Waals surface area contributed by atoms with Gasteiger partial charge in [-0.1, -0.05) is 18.2 Å². The van der Waals surface area contributed by atoms with Gasteiger partial charge in [0.15, 0.2) is 0 Å². The molecule has 1 aromatic heterocycles. The lowest BCUT2D eigenvalue weighted by Gasteiger charge is -2.35. The van der Waals surface area contributed by atoms with Crippen LogP contribution in [0.15, 0.2) is 53.3 Å². The number of hydrogen-bond acceptors (Lipinski definition) is 3. The van der Waals surface area contributed by atoms with Gasteiger partial charge in [0, 0.05) is 25.5 Å². The van der Waals surface area contributed by atoms with Gasteiger partial charge in [0.1, 0.15) is 11.5 Å². The molecule has 0 unspecified atom stereocenters. The molecule has 2 heterocycles. The largest absolute Gasteiger partial charge is 0.371 e. The van der Waals surface area contributed by atoms with Crippen molar-refractivity contribution >= 4 is 28.1 Å². The monoisotopic (exact) mass is 337 g/mol. The molecule has 0 bridgehead atoms. The molecule has 3 aromatic rings. The number of nitrogens with zero attached hydrogens (tertiary/aromatic N) is 2. The molecule has 0 atom stereocenters. The van der Waals surface area contributed by atoms with Crippen LogP contribution in [-0.4, -0.2) is 31.0 Å². The quantitative estimate of drug-likeness (QED) is 0.743. The maximum Gasteiger partial charge on any atom is 0.274 e. The number of aromatic nitrogens is 1. The van der Waals surface area contributed by atoms with Crippen molar-refractivity contribution in [1.82, 2.24) is 4.98 Å². The number of benzene rings is 2. The van der Waals surface area contributed by atoms with Crippen LogP contribution in [0, 0.1) is 5.82 Å². The number of nitrogens with one attached hydrogen (secondary N) is 1. The van der Waals surface area contributed by atoms with E-state index < -0.39 is 5.82 Å². The van der Waals surface area contributed by atoms with Crippen LogP contribution in [0.25, 0.3) is 10.8 Å². The van der Waals surface area contributed by atoms with Crippen molar-refractivity contribution in [2.75, 3.05) is 29.9 Å². The van der Waals surface area contributed by atoms with Crippen LogP contribution in [0.3, 0.4) is 0 Å². The second-order valence-electron chi connectivity index (χ2n) is 6.11. The van der Waals surface area contributed by atoms with E-state index in [1.165, 1.54) is 17.0 Å². The molecule has 1 aliphatic rings. The van der Waals surface area contributed by atoms with E-state index in [-0.39, 0.29) is 17.2 Å². The third kappa shape index (κ3) is 2.55. The molecule has 4 rings (SSSR count). The second-order valence-corrected chi connectivity index (χ2v) is 6.11. The molecule has 0 spiro atoms. The van der Waals surface area contributed by atoms with E-state index in [1.807, 2.05) is 18.0 Å². The highest BCUT2D eigenvalue weighted by Gasteiger charge is 2.27. The van der Waals surface area contributed by atoms with Gasteiger partial charge in [0.05, 0.1) is 11.4 Å². The van der Waals surface area contributed by atoms with Gasteiger partial charge >= 0.3 is 0 Å². The summed E-state index contributed by atoms with van der Waals surface area (Å²) in [5, 5.41) is 1.23. The van der Waals surface area contributed by atoms with E-state index in [0.29, 0.717) is 29.5 Å². The molecule has 0 aliphatic carbocycles. The number of halogens is 1. The Morgan fingerprint density at radius 1 is 1.08 bits per heavy atom. The van der Waals surface area contributed by atoms with Gasteiger partial charge in [0.25, 0.3) is 11.5 Å². The van der Waals surface area contributed by atoms with Crippen molar-refractivity contribution in [2.24, 2.45) is 0 Å². The molecular weight excluding hydrogens is 321 g/mol. The molecule has 5 nitrogen and oxygen atoms in total. The number of rotatable bonds is 1. The fourth-order valence-electron chi connectivity index (χ4n) is 3.21. The number of carbonyl (C=O) groups excluding carboxylic acids is 1. The van der Waals surface area contributed by atoms with E-state index in [2.05, 4.69) is 4.98 Å². The molecule has 0 radical (unpaired) electrons. The van der Waals surface area contributed by atoms with Gasteiger partial charge in [0.2, 0.25) is 0 Å². The topological polar surface area (TPSA) is 56.4 Å². The predicted octanol–water partition coefficient (Wildman–Crippen LogP) is 2.76. The lowest BCUT2D eigenvalue weighted by Crippen LogP contribution is -2.43. The summed E-state index contributed by atoms with van der Waals surface area (Å²) in [6, 6.07) is 13.1. The van der Waals surface area contributed by atoms with Gasteiger partial charge in [-0.3, -0.25) is 9.59 Å². The lowest BCUT2D eigenvalue weighted by molar-refractivity contribution is 0.0982. The van der Waals surface area contributed by atoms with Crippen molar-refractivity contribution in [1.29, 1.82) is 0 Å². The third-order valence-corrected chi connectivity index (χ3v) is 4.53. The van der Waals surface area contributed by atoms with Crippen molar-refractivity contribution < 1.29 is 9.18 Å². The molecule has 126 valence electrons. The highest BCUT2D eigenvalue weighted by atomic mass is 19.1. The Hall–Kier alpha value is -3.15. The molecule has 1 N–H and O–H groups in total. The average molecular weight is 337 g/mol. The molecule has 2 aromatic carbocycles. The maximum atomic E-state index is 13.7. The zero-order chi connectivity index (χ0) is 17.6. The molecule has 0 saturated heterocycles. The fourth-order valence-corrected chi connectivity index (χ4v) is 3.21. The zero-order valence-electron chi connectivity index (χ0n) is 13.6. The van der Waals surface area contributed by atoms with Crippen molar-refractivity contribution in [3.8, 4) is 0 Å².